The van der Waals surface area contributed by atoms with Crippen molar-refractivity contribution in [3.63, 3.8) is 0 Å². The van der Waals surface area contributed by atoms with E-state index in [-0.39, 0.29) is 11.9 Å². The van der Waals surface area contributed by atoms with Crippen LogP contribution in [0.1, 0.15) is 25.8 Å². The van der Waals surface area contributed by atoms with Crippen molar-refractivity contribution in [1.82, 2.24) is 4.90 Å². The second-order valence-electron chi connectivity index (χ2n) is 5.44. The lowest BCUT2D eigenvalue weighted by atomic mass is 10.0. The number of benzene rings is 1. The van der Waals surface area contributed by atoms with E-state index in [0.29, 0.717) is 13.0 Å². The van der Waals surface area contributed by atoms with Crippen molar-refractivity contribution in [1.29, 1.82) is 0 Å². The van der Waals surface area contributed by atoms with Crippen LogP contribution in [-0.4, -0.2) is 36.4 Å². The number of rotatable bonds is 5. The summed E-state index contributed by atoms with van der Waals surface area (Å²) in [5, 5.41) is 0. The second-order valence-corrected chi connectivity index (χ2v) is 5.44. The number of hydrogen-bond donors (Lipinski definition) is 0. The SMILES string of the molecule is C[C](C)CN1CCC(=O)C(OCc2ccccc2)C1. The minimum Gasteiger partial charge on any atom is -0.364 e. The summed E-state index contributed by atoms with van der Waals surface area (Å²) in [5.41, 5.74) is 1.12. The maximum Gasteiger partial charge on any atom is 0.164 e. The molecule has 0 aliphatic carbocycles. The van der Waals surface area contributed by atoms with Gasteiger partial charge in [0.05, 0.1) is 6.61 Å². The molecule has 1 aliphatic heterocycles. The molecule has 1 unspecified atom stereocenters. The number of ketones is 1. The summed E-state index contributed by atoms with van der Waals surface area (Å²) < 4.78 is 5.79. The van der Waals surface area contributed by atoms with Gasteiger partial charge < -0.3 is 4.74 Å². The van der Waals surface area contributed by atoms with E-state index in [1.807, 2.05) is 30.3 Å². The van der Waals surface area contributed by atoms with Gasteiger partial charge in [-0.25, -0.2) is 0 Å². The molecule has 19 heavy (non-hydrogen) atoms. The molecule has 1 aromatic carbocycles. The summed E-state index contributed by atoms with van der Waals surface area (Å²) in [6.07, 6.45) is 0.334. The van der Waals surface area contributed by atoms with Gasteiger partial charge in [-0.2, -0.15) is 0 Å². The highest BCUT2D eigenvalue weighted by atomic mass is 16.5. The average Bonchev–Trinajstić information content (AvgIpc) is 2.40. The predicted molar refractivity (Wildman–Crippen MR) is 75.7 cm³/mol. The molecule has 3 heteroatoms. The third-order valence-electron chi connectivity index (χ3n) is 3.29. The van der Waals surface area contributed by atoms with Gasteiger partial charge in [-0.15, -0.1) is 0 Å². The van der Waals surface area contributed by atoms with Gasteiger partial charge in [0, 0.05) is 26.1 Å². The van der Waals surface area contributed by atoms with Gasteiger partial charge in [0.1, 0.15) is 6.10 Å². The fraction of sp³-hybridized carbons (Fsp3) is 0.500. The van der Waals surface area contributed by atoms with Crippen LogP contribution in [0.15, 0.2) is 30.3 Å². The van der Waals surface area contributed by atoms with Crippen LogP contribution in [0, 0.1) is 5.92 Å². The zero-order valence-corrected chi connectivity index (χ0v) is 11.8. The summed E-state index contributed by atoms with van der Waals surface area (Å²) in [4.78, 5) is 14.2. The van der Waals surface area contributed by atoms with Crippen LogP contribution in [0.2, 0.25) is 0 Å². The Kier molecular flexibility index (Phi) is 5.11. The van der Waals surface area contributed by atoms with Gasteiger partial charge >= 0.3 is 0 Å². The van der Waals surface area contributed by atoms with Gasteiger partial charge in [0.2, 0.25) is 0 Å². The van der Waals surface area contributed by atoms with Crippen LogP contribution in [0.5, 0.6) is 0 Å². The molecule has 0 N–H and O–H groups in total. The fourth-order valence-electron chi connectivity index (χ4n) is 2.36. The van der Waals surface area contributed by atoms with E-state index in [4.69, 9.17) is 4.74 Å². The first kappa shape index (κ1) is 14.2. The third kappa shape index (κ3) is 4.44. The Morgan fingerprint density at radius 1 is 1.32 bits per heavy atom. The van der Waals surface area contributed by atoms with Crippen LogP contribution >= 0.6 is 0 Å². The molecule has 2 rings (SSSR count). The lowest BCUT2D eigenvalue weighted by Crippen LogP contribution is -2.46. The zero-order chi connectivity index (χ0) is 13.7. The maximum atomic E-state index is 11.9. The van der Waals surface area contributed by atoms with E-state index in [9.17, 15) is 4.79 Å². The smallest absolute Gasteiger partial charge is 0.164 e. The van der Waals surface area contributed by atoms with Gasteiger partial charge in [-0.3, -0.25) is 9.69 Å². The van der Waals surface area contributed by atoms with Crippen LogP contribution in [0.4, 0.5) is 0 Å². The lowest BCUT2D eigenvalue weighted by molar-refractivity contribution is -0.136. The van der Waals surface area contributed by atoms with Crippen molar-refractivity contribution >= 4 is 5.78 Å². The predicted octanol–water partition coefficient (Wildman–Crippen LogP) is 2.46. The largest absolute Gasteiger partial charge is 0.364 e. The van der Waals surface area contributed by atoms with Gasteiger partial charge in [0.25, 0.3) is 0 Å². The first-order valence-corrected chi connectivity index (χ1v) is 6.85. The number of hydrogen-bond acceptors (Lipinski definition) is 3. The molecule has 0 saturated carbocycles. The zero-order valence-electron chi connectivity index (χ0n) is 11.8. The third-order valence-corrected chi connectivity index (χ3v) is 3.29. The van der Waals surface area contributed by atoms with Crippen molar-refractivity contribution in [3.8, 4) is 0 Å². The van der Waals surface area contributed by atoms with Crippen LogP contribution < -0.4 is 0 Å². The maximum absolute atomic E-state index is 11.9. The van der Waals surface area contributed by atoms with Crippen molar-refractivity contribution in [2.24, 2.45) is 0 Å². The molecular weight excluding hydrogens is 238 g/mol. The highest BCUT2D eigenvalue weighted by Gasteiger charge is 2.27. The number of carbonyl (C=O) groups is 1. The minimum absolute atomic E-state index is 0.237. The summed E-state index contributed by atoms with van der Waals surface area (Å²) >= 11 is 0. The molecule has 1 radical (unpaired) electrons. The Bertz CT molecular complexity index is 402. The number of Topliss-reactive ketones (excluding diaryl/α,β-unsaturated/α-hetero) is 1. The van der Waals surface area contributed by atoms with Crippen molar-refractivity contribution in [3.05, 3.63) is 41.8 Å². The molecule has 0 aromatic heterocycles. The van der Waals surface area contributed by atoms with Gasteiger partial charge in [-0.1, -0.05) is 44.2 Å². The number of piperidine rings is 1. The molecule has 0 bridgehead atoms. The summed E-state index contributed by atoms with van der Waals surface area (Å²) in [6, 6.07) is 10.0. The second kappa shape index (κ2) is 6.83. The molecule has 103 valence electrons. The Morgan fingerprint density at radius 2 is 2.05 bits per heavy atom. The van der Waals surface area contributed by atoms with E-state index >= 15 is 0 Å². The fourth-order valence-corrected chi connectivity index (χ4v) is 2.36. The molecule has 1 aliphatic rings. The summed E-state index contributed by atoms with van der Waals surface area (Å²) in [6.45, 7) is 7.29. The molecule has 3 nitrogen and oxygen atoms in total. The first-order valence-electron chi connectivity index (χ1n) is 6.85. The average molecular weight is 260 g/mol. The van der Waals surface area contributed by atoms with Crippen molar-refractivity contribution < 1.29 is 9.53 Å². The number of carbonyl (C=O) groups excluding carboxylic acids is 1. The van der Waals surface area contributed by atoms with Crippen LogP contribution in [-0.2, 0) is 16.1 Å². The molecule has 1 saturated heterocycles. The summed E-state index contributed by atoms with van der Waals surface area (Å²) in [7, 11) is 0. The Labute approximate surface area is 115 Å². The van der Waals surface area contributed by atoms with Crippen molar-refractivity contribution in [2.75, 3.05) is 19.6 Å². The minimum atomic E-state index is -0.270. The molecule has 1 aromatic rings. The first-order chi connectivity index (χ1) is 9.15. The molecule has 1 atom stereocenters. The van der Waals surface area contributed by atoms with Gasteiger partial charge in [0.15, 0.2) is 5.78 Å². The van der Waals surface area contributed by atoms with E-state index in [1.165, 1.54) is 5.92 Å². The highest BCUT2D eigenvalue weighted by molar-refractivity contribution is 5.84. The molecule has 1 fully saturated rings. The summed E-state index contributed by atoms with van der Waals surface area (Å²) in [5.74, 6) is 1.61. The van der Waals surface area contributed by atoms with Crippen molar-refractivity contribution in [2.45, 2.75) is 33.0 Å². The Hall–Kier alpha value is -1.19. The molecule has 0 amide bonds. The highest BCUT2D eigenvalue weighted by Crippen LogP contribution is 2.14. The molecular formula is C16H22NO2. The van der Waals surface area contributed by atoms with E-state index in [2.05, 4.69) is 18.7 Å². The number of nitrogens with zero attached hydrogens (tertiary/aromatic N) is 1. The normalized spacial score (nSPS) is 21.0. The topological polar surface area (TPSA) is 29.5 Å². The van der Waals surface area contributed by atoms with E-state index in [1.54, 1.807) is 0 Å². The Balaban J connectivity index is 1.85. The lowest BCUT2D eigenvalue weighted by Gasteiger charge is -2.32. The quantitative estimate of drug-likeness (QED) is 0.814. The Morgan fingerprint density at radius 3 is 2.74 bits per heavy atom. The molecule has 1 heterocycles. The van der Waals surface area contributed by atoms with E-state index in [0.717, 1.165) is 25.2 Å². The standard InChI is InChI=1S/C16H22NO2/c1-13(2)10-17-9-8-15(18)16(11-17)19-12-14-6-4-3-5-7-14/h3-7,16H,8-12H2,1-2H3. The monoisotopic (exact) mass is 260 g/mol. The molecule has 0 spiro atoms. The van der Waals surface area contributed by atoms with Crippen LogP contribution in [0.3, 0.4) is 0 Å². The van der Waals surface area contributed by atoms with E-state index < -0.39 is 0 Å². The van der Waals surface area contributed by atoms with Gasteiger partial charge in [-0.05, 0) is 11.5 Å². The number of ether oxygens (including phenoxy) is 1. The van der Waals surface area contributed by atoms with Crippen LogP contribution in [0.25, 0.3) is 0 Å². The number of likely N-dealkylation sites (tertiary alicyclic amines) is 1.